The van der Waals surface area contributed by atoms with Crippen molar-refractivity contribution in [3.05, 3.63) is 65.3 Å². The molecular weight excluding hydrogens is 428 g/mol. The van der Waals surface area contributed by atoms with Crippen LogP contribution >= 0.6 is 0 Å². The molecule has 174 valence electrons. The highest BCUT2D eigenvalue weighted by Gasteiger charge is 2.58. The summed E-state index contributed by atoms with van der Waals surface area (Å²) in [5.41, 5.74) is 4.50. The molecule has 1 aromatic rings. The lowest BCUT2D eigenvalue weighted by atomic mass is 9.49. The van der Waals surface area contributed by atoms with Crippen molar-refractivity contribution < 1.29 is 13.8 Å². The molecule has 0 spiro atoms. The summed E-state index contributed by atoms with van der Waals surface area (Å²) in [7, 11) is -1.15. The van der Waals surface area contributed by atoms with Gasteiger partial charge < -0.3 is 0 Å². The fraction of sp³-hybridized carbons (Fsp3) is 0.517. The molecule has 1 unspecified atom stereocenters. The van der Waals surface area contributed by atoms with Gasteiger partial charge in [0.15, 0.2) is 11.6 Å². The highest BCUT2D eigenvalue weighted by Crippen LogP contribution is 2.66. The van der Waals surface area contributed by atoms with Gasteiger partial charge in [-0.2, -0.15) is 0 Å². The Hall–Kier alpha value is -2.07. The molecule has 4 heteroatoms. The number of allylic oxidation sites excluding steroid dienone is 4. The van der Waals surface area contributed by atoms with Crippen LogP contribution in [0.25, 0.3) is 0 Å². The Balaban J connectivity index is 1.51. The second-order valence-electron chi connectivity index (χ2n) is 10.6. The molecule has 33 heavy (non-hydrogen) atoms. The predicted molar refractivity (Wildman–Crippen MR) is 132 cm³/mol. The van der Waals surface area contributed by atoms with Gasteiger partial charge in [-0.3, -0.25) is 13.8 Å². The maximum atomic E-state index is 13.2. The molecule has 5 rings (SSSR count). The van der Waals surface area contributed by atoms with Crippen LogP contribution in [-0.4, -0.2) is 21.5 Å². The van der Waals surface area contributed by atoms with Gasteiger partial charge in [0.25, 0.3) is 0 Å². The second-order valence-corrected chi connectivity index (χ2v) is 12.0. The van der Waals surface area contributed by atoms with Gasteiger partial charge in [-0.15, -0.1) is 0 Å². The van der Waals surface area contributed by atoms with E-state index in [4.69, 9.17) is 0 Å². The van der Waals surface area contributed by atoms with E-state index in [1.54, 1.807) is 6.92 Å². The molecule has 0 radical (unpaired) electrons. The minimum atomic E-state index is -1.15. The Morgan fingerprint density at radius 1 is 1.18 bits per heavy atom. The number of hydrogen-bond donors (Lipinski definition) is 0. The van der Waals surface area contributed by atoms with Gasteiger partial charge in [0.05, 0.1) is 10.8 Å². The molecule has 4 aliphatic rings. The van der Waals surface area contributed by atoms with Crippen molar-refractivity contribution in [2.24, 2.45) is 29.1 Å². The van der Waals surface area contributed by atoms with E-state index in [0.29, 0.717) is 35.8 Å². The van der Waals surface area contributed by atoms with E-state index in [1.165, 1.54) is 11.1 Å². The summed E-state index contributed by atoms with van der Waals surface area (Å²) >= 11 is 0. The van der Waals surface area contributed by atoms with Gasteiger partial charge in [-0.1, -0.05) is 42.8 Å². The van der Waals surface area contributed by atoms with Crippen LogP contribution in [0.2, 0.25) is 0 Å². The minimum absolute atomic E-state index is 0.144. The first-order valence-corrected chi connectivity index (χ1v) is 13.8. The first kappa shape index (κ1) is 22.7. The third kappa shape index (κ3) is 3.65. The van der Waals surface area contributed by atoms with Crippen molar-refractivity contribution in [1.82, 2.24) is 0 Å². The Kier molecular flexibility index (Phi) is 5.93. The molecule has 1 aromatic carbocycles. The molecule has 2 fully saturated rings. The fourth-order valence-electron chi connectivity index (χ4n) is 7.90. The van der Waals surface area contributed by atoms with E-state index in [9.17, 15) is 13.8 Å². The van der Waals surface area contributed by atoms with Gasteiger partial charge in [0.1, 0.15) is 0 Å². The maximum Gasteiger partial charge on any atom is 0.156 e. The second kappa shape index (κ2) is 8.61. The number of carbonyl (C=O) groups is 2. The van der Waals surface area contributed by atoms with Gasteiger partial charge in [0, 0.05) is 28.1 Å². The average Bonchev–Trinajstić information content (AvgIpc) is 3.13. The molecule has 3 nitrogen and oxygen atoms in total. The van der Waals surface area contributed by atoms with Crippen LogP contribution in [0.5, 0.6) is 0 Å². The van der Waals surface area contributed by atoms with Gasteiger partial charge in [-0.25, -0.2) is 0 Å². The summed E-state index contributed by atoms with van der Waals surface area (Å²) in [6.07, 6.45) is 8.20. The Morgan fingerprint density at radius 2 is 1.94 bits per heavy atom. The van der Waals surface area contributed by atoms with Crippen LogP contribution in [-0.2, 0) is 20.4 Å². The van der Waals surface area contributed by atoms with E-state index in [1.807, 2.05) is 36.4 Å². The van der Waals surface area contributed by atoms with Crippen molar-refractivity contribution in [2.75, 3.05) is 5.75 Å². The quantitative estimate of drug-likeness (QED) is 0.505. The highest BCUT2D eigenvalue weighted by atomic mass is 32.2. The molecule has 0 bridgehead atoms. The Labute approximate surface area is 199 Å². The van der Waals surface area contributed by atoms with Gasteiger partial charge in [0.2, 0.25) is 0 Å². The summed E-state index contributed by atoms with van der Waals surface area (Å²) in [6, 6.07) is 9.61. The lowest BCUT2D eigenvalue weighted by Gasteiger charge is -2.55. The smallest absolute Gasteiger partial charge is 0.156 e. The van der Waals surface area contributed by atoms with Crippen molar-refractivity contribution in [3.63, 3.8) is 0 Å². The topological polar surface area (TPSA) is 51.2 Å². The Morgan fingerprint density at radius 3 is 2.64 bits per heavy atom. The number of rotatable bonds is 5. The number of carbonyl (C=O) groups excluding carboxylic acids is 2. The molecule has 6 atom stereocenters. The average molecular weight is 463 g/mol. The van der Waals surface area contributed by atoms with Crippen molar-refractivity contribution in [2.45, 2.75) is 63.7 Å². The zero-order valence-electron chi connectivity index (χ0n) is 19.8. The Bertz CT molecular complexity index is 1100. The summed E-state index contributed by atoms with van der Waals surface area (Å²) < 4.78 is 13.2. The van der Waals surface area contributed by atoms with E-state index in [-0.39, 0.29) is 17.0 Å². The summed E-state index contributed by atoms with van der Waals surface area (Å²) in [5.74, 6) is 2.60. The minimum Gasteiger partial charge on any atom is -0.295 e. The van der Waals surface area contributed by atoms with Gasteiger partial charge >= 0.3 is 0 Å². The summed E-state index contributed by atoms with van der Waals surface area (Å²) in [6.45, 7) is 8.50. The van der Waals surface area contributed by atoms with E-state index in [0.717, 1.165) is 54.6 Å². The third-order valence-corrected chi connectivity index (χ3v) is 10.4. The number of Topliss-reactive ketones (excluding diaryl/α,β-unsaturated/α-hetero) is 1. The van der Waals surface area contributed by atoms with Crippen LogP contribution in [0, 0.1) is 29.1 Å². The predicted octanol–water partition coefficient (Wildman–Crippen LogP) is 5.99. The van der Waals surface area contributed by atoms with Crippen molar-refractivity contribution in [3.8, 4) is 0 Å². The molecule has 0 amide bonds. The summed E-state index contributed by atoms with van der Waals surface area (Å²) in [5, 5.41) is 0. The van der Waals surface area contributed by atoms with E-state index in [2.05, 4.69) is 13.5 Å². The van der Waals surface area contributed by atoms with Crippen molar-refractivity contribution in [1.29, 1.82) is 0 Å². The SMILES string of the molecule is C=C1C[C@]2(CC)C(C(C)=O)=C(CS(=O)c3ccccc3)C[C@H]2[C@@H]2CCC3=CC(=O)CC[C@@H]3[C@@H]12. The molecule has 0 aliphatic heterocycles. The van der Waals surface area contributed by atoms with Crippen molar-refractivity contribution >= 4 is 22.4 Å². The summed E-state index contributed by atoms with van der Waals surface area (Å²) in [4.78, 5) is 26.0. The van der Waals surface area contributed by atoms with Crippen LogP contribution in [0.3, 0.4) is 0 Å². The van der Waals surface area contributed by atoms with Crippen LogP contribution in [0.15, 0.2) is 70.2 Å². The number of fused-ring (bicyclic) bond motifs is 5. The molecule has 0 aromatic heterocycles. The van der Waals surface area contributed by atoms with E-state index < -0.39 is 10.8 Å². The first-order chi connectivity index (χ1) is 15.9. The largest absolute Gasteiger partial charge is 0.295 e. The lowest BCUT2D eigenvalue weighted by Crippen LogP contribution is -2.48. The molecule has 2 saturated carbocycles. The van der Waals surface area contributed by atoms with Crippen LogP contribution < -0.4 is 0 Å². The highest BCUT2D eigenvalue weighted by molar-refractivity contribution is 7.85. The molecule has 4 aliphatic carbocycles. The standard InChI is InChI=1S/C29H34O3S/c1-4-29-16-18(2)27-24-13-11-22(31)14-20(24)10-12-25(27)26(29)15-21(28(29)19(3)30)17-33(32)23-8-6-5-7-9-23/h5-9,14,24-27H,2,4,10-13,15-17H2,1,3H3/t24-,25-,26-,27+,29-,33?/m0/s1. The monoisotopic (exact) mass is 462 g/mol. The van der Waals surface area contributed by atoms with Gasteiger partial charge in [-0.05, 0) is 92.9 Å². The number of ketones is 2. The van der Waals surface area contributed by atoms with E-state index >= 15 is 0 Å². The zero-order valence-corrected chi connectivity index (χ0v) is 20.6. The molecular formula is C29H34O3S. The number of benzene rings is 1. The molecule has 0 saturated heterocycles. The third-order valence-electron chi connectivity index (χ3n) is 9.04. The normalized spacial score (nSPS) is 34.3. The molecule has 0 heterocycles. The zero-order chi connectivity index (χ0) is 23.3. The van der Waals surface area contributed by atoms with Crippen LogP contribution in [0.1, 0.15) is 58.8 Å². The van der Waals surface area contributed by atoms with Crippen LogP contribution in [0.4, 0.5) is 0 Å². The molecule has 0 N–H and O–H groups in total. The maximum absolute atomic E-state index is 13.2. The fourth-order valence-corrected chi connectivity index (χ4v) is 9.11. The first-order valence-electron chi connectivity index (χ1n) is 12.4. The lowest BCUT2D eigenvalue weighted by molar-refractivity contribution is -0.117. The number of hydrogen-bond acceptors (Lipinski definition) is 3.